The maximum atomic E-state index is 6.57. The van der Waals surface area contributed by atoms with Crippen LogP contribution in [0, 0.1) is 0 Å². The zero-order valence-electron chi connectivity index (χ0n) is 23.9. The summed E-state index contributed by atoms with van der Waals surface area (Å²) in [4.78, 5) is 10.4. The molecule has 0 atom stereocenters. The third-order valence-corrected chi connectivity index (χ3v) is 8.85. The molecule has 212 valence electrons. The second-order valence-corrected chi connectivity index (χ2v) is 11.5. The standard InChI is InChI=1S/C39H24N4O2/c1-3-11-23(12-4-1)37-40-38(24-13-5-2-6-14-24)42-39(41-37)43-31-17-9-7-15-25(31)27-19-28-30-21-34-29(26-16-8-10-18-33(26)44-34)20-35(30)45-36(28)22-32(27)43/h1-22,39H,(H,40,41,42). The third kappa shape index (κ3) is 3.63. The summed E-state index contributed by atoms with van der Waals surface area (Å²) in [6.45, 7) is 0. The fraction of sp³-hybridized carbons (Fsp3) is 0.0256. The molecule has 0 saturated carbocycles. The number of hydrogen-bond donors (Lipinski definition) is 1. The van der Waals surface area contributed by atoms with Crippen molar-refractivity contribution in [3.63, 3.8) is 0 Å². The lowest BCUT2D eigenvalue weighted by atomic mass is 10.1. The number of benzene rings is 6. The lowest BCUT2D eigenvalue weighted by molar-refractivity contribution is 0.575. The first-order valence-corrected chi connectivity index (χ1v) is 15.0. The van der Waals surface area contributed by atoms with Gasteiger partial charge >= 0.3 is 0 Å². The van der Waals surface area contributed by atoms with Crippen LogP contribution in [0.5, 0.6) is 0 Å². The van der Waals surface area contributed by atoms with Gasteiger partial charge in [0.05, 0.1) is 11.0 Å². The number of rotatable bonds is 3. The number of para-hydroxylation sites is 2. The van der Waals surface area contributed by atoms with E-state index in [1.54, 1.807) is 0 Å². The Bertz CT molecular complexity index is 2620. The van der Waals surface area contributed by atoms with Crippen LogP contribution in [0.3, 0.4) is 0 Å². The quantitative estimate of drug-likeness (QED) is 0.226. The summed E-state index contributed by atoms with van der Waals surface area (Å²) in [5.74, 6) is 1.56. The van der Waals surface area contributed by atoms with Gasteiger partial charge in [-0.2, -0.15) is 0 Å². The summed E-state index contributed by atoms with van der Waals surface area (Å²) in [6, 6.07) is 45.6. The molecule has 45 heavy (non-hydrogen) atoms. The minimum atomic E-state index is -0.533. The van der Waals surface area contributed by atoms with Gasteiger partial charge in [-0.3, -0.25) is 4.57 Å². The first-order chi connectivity index (χ1) is 22.3. The van der Waals surface area contributed by atoms with Gasteiger partial charge in [-0.05, 0) is 30.3 Å². The van der Waals surface area contributed by atoms with E-state index in [2.05, 4.69) is 88.7 Å². The lowest BCUT2D eigenvalue weighted by Crippen LogP contribution is -2.36. The number of furan rings is 2. The highest BCUT2D eigenvalue weighted by Gasteiger charge is 2.25. The minimum absolute atomic E-state index is 0.533. The van der Waals surface area contributed by atoms with Gasteiger partial charge in [-0.25, -0.2) is 9.98 Å². The molecule has 0 radical (unpaired) electrons. The van der Waals surface area contributed by atoms with E-state index >= 15 is 0 Å². The van der Waals surface area contributed by atoms with Crippen LogP contribution in [0.15, 0.2) is 152 Å². The Hall–Kier alpha value is -6.14. The minimum Gasteiger partial charge on any atom is -0.456 e. The zero-order valence-corrected chi connectivity index (χ0v) is 23.9. The van der Waals surface area contributed by atoms with Crippen LogP contribution in [0.25, 0.3) is 65.7 Å². The predicted octanol–water partition coefficient (Wildman–Crippen LogP) is 9.55. The monoisotopic (exact) mass is 580 g/mol. The number of aliphatic imine (C=N–C) groups is 2. The van der Waals surface area contributed by atoms with Crippen molar-refractivity contribution in [2.75, 3.05) is 0 Å². The van der Waals surface area contributed by atoms with Crippen molar-refractivity contribution in [2.24, 2.45) is 9.98 Å². The molecule has 0 fully saturated rings. The molecule has 6 nitrogen and oxygen atoms in total. The molecule has 9 aromatic rings. The van der Waals surface area contributed by atoms with Gasteiger partial charge in [0.2, 0.25) is 6.29 Å². The van der Waals surface area contributed by atoms with Crippen LogP contribution in [-0.2, 0) is 0 Å². The molecular weight excluding hydrogens is 556 g/mol. The smallest absolute Gasteiger partial charge is 0.224 e. The van der Waals surface area contributed by atoms with Gasteiger partial charge in [0.25, 0.3) is 0 Å². The number of nitrogens with one attached hydrogen (secondary N) is 1. The number of nitrogens with zero attached hydrogens (tertiary/aromatic N) is 3. The summed E-state index contributed by atoms with van der Waals surface area (Å²) >= 11 is 0. The van der Waals surface area contributed by atoms with Gasteiger partial charge in [0, 0.05) is 49.5 Å². The van der Waals surface area contributed by atoms with E-state index in [9.17, 15) is 0 Å². The largest absolute Gasteiger partial charge is 0.456 e. The molecule has 1 N–H and O–H groups in total. The van der Waals surface area contributed by atoms with Crippen LogP contribution in [-0.4, -0.2) is 16.2 Å². The first kappa shape index (κ1) is 24.3. The summed E-state index contributed by atoms with van der Waals surface area (Å²) in [5.41, 5.74) is 7.46. The molecular formula is C39H24N4O2. The van der Waals surface area contributed by atoms with Gasteiger partial charge in [0.15, 0.2) is 0 Å². The predicted molar refractivity (Wildman–Crippen MR) is 182 cm³/mol. The fourth-order valence-electron chi connectivity index (χ4n) is 6.77. The topological polar surface area (TPSA) is 68.0 Å². The van der Waals surface area contributed by atoms with E-state index in [0.29, 0.717) is 0 Å². The van der Waals surface area contributed by atoms with Crippen molar-refractivity contribution in [2.45, 2.75) is 6.29 Å². The molecule has 0 bridgehead atoms. The van der Waals surface area contributed by atoms with Crippen molar-refractivity contribution >= 4 is 77.4 Å². The summed E-state index contributed by atoms with van der Waals surface area (Å²) < 4.78 is 15.0. The zero-order chi connectivity index (χ0) is 29.5. The van der Waals surface area contributed by atoms with E-state index in [0.717, 1.165) is 88.5 Å². The molecule has 3 aromatic heterocycles. The molecule has 0 spiro atoms. The highest BCUT2D eigenvalue weighted by molar-refractivity contribution is 6.20. The maximum absolute atomic E-state index is 6.57. The molecule has 0 amide bonds. The normalized spacial score (nSPS) is 14.1. The van der Waals surface area contributed by atoms with E-state index in [-0.39, 0.29) is 0 Å². The maximum Gasteiger partial charge on any atom is 0.224 e. The van der Waals surface area contributed by atoms with Gasteiger partial charge in [-0.1, -0.05) is 97.1 Å². The van der Waals surface area contributed by atoms with Crippen LogP contribution in [0.2, 0.25) is 0 Å². The molecule has 1 aliphatic rings. The van der Waals surface area contributed by atoms with Crippen molar-refractivity contribution in [3.8, 4) is 0 Å². The Morgan fingerprint density at radius 1 is 0.444 bits per heavy atom. The van der Waals surface area contributed by atoms with Gasteiger partial charge in [0.1, 0.15) is 34.0 Å². The van der Waals surface area contributed by atoms with Crippen LogP contribution < -0.4 is 5.32 Å². The highest BCUT2D eigenvalue weighted by Crippen LogP contribution is 2.41. The van der Waals surface area contributed by atoms with E-state index in [4.69, 9.17) is 18.8 Å². The molecule has 0 unspecified atom stereocenters. The van der Waals surface area contributed by atoms with Crippen molar-refractivity contribution in [3.05, 3.63) is 145 Å². The van der Waals surface area contributed by atoms with Crippen molar-refractivity contribution in [1.29, 1.82) is 0 Å². The number of amidine groups is 2. The van der Waals surface area contributed by atoms with Crippen LogP contribution in [0.1, 0.15) is 17.4 Å². The van der Waals surface area contributed by atoms with Crippen LogP contribution in [0.4, 0.5) is 0 Å². The summed E-state index contributed by atoms with van der Waals surface area (Å²) in [5, 5.41) is 9.99. The molecule has 0 aliphatic carbocycles. The highest BCUT2D eigenvalue weighted by atomic mass is 16.3. The SMILES string of the molecule is c1ccc(C2=NC(n3c4ccccc4c4cc5c(cc43)oc3cc4c(cc35)oc3ccccc34)N=C(c3ccccc3)N2)cc1. The molecule has 6 heteroatoms. The van der Waals surface area contributed by atoms with E-state index in [1.165, 1.54) is 0 Å². The number of fused-ring (bicyclic) bond motifs is 9. The lowest BCUT2D eigenvalue weighted by Gasteiger charge is -2.24. The molecule has 10 rings (SSSR count). The van der Waals surface area contributed by atoms with Crippen LogP contribution >= 0.6 is 0 Å². The Morgan fingerprint density at radius 2 is 0.978 bits per heavy atom. The molecule has 0 saturated heterocycles. The van der Waals surface area contributed by atoms with E-state index < -0.39 is 6.29 Å². The summed E-state index contributed by atoms with van der Waals surface area (Å²) in [7, 11) is 0. The van der Waals surface area contributed by atoms with Gasteiger partial charge < -0.3 is 14.2 Å². The fourth-order valence-corrected chi connectivity index (χ4v) is 6.77. The number of hydrogen-bond acceptors (Lipinski definition) is 5. The molecule has 6 aromatic carbocycles. The number of aromatic nitrogens is 1. The van der Waals surface area contributed by atoms with E-state index in [1.807, 2.05) is 54.6 Å². The molecule has 4 heterocycles. The van der Waals surface area contributed by atoms with Crippen molar-refractivity contribution < 1.29 is 8.83 Å². The Labute approximate surface area is 256 Å². The average molecular weight is 581 g/mol. The third-order valence-electron chi connectivity index (χ3n) is 8.85. The van der Waals surface area contributed by atoms with Gasteiger partial charge in [-0.15, -0.1) is 0 Å². The summed E-state index contributed by atoms with van der Waals surface area (Å²) in [6.07, 6.45) is -0.533. The first-order valence-electron chi connectivity index (χ1n) is 15.0. The average Bonchev–Trinajstić information content (AvgIpc) is 3.75. The second-order valence-electron chi connectivity index (χ2n) is 11.5. The Morgan fingerprint density at radius 3 is 1.69 bits per heavy atom. The van der Waals surface area contributed by atoms with Crippen molar-refractivity contribution in [1.82, 2.24) is 9.88 Å². The Balaban J connectivity index is 1.24. The molecule has 1 aliphatic heterocycles. The Kier molecular flexibility index (Phi) is 4.96. The second kappa shape index (κ2) is 9.18.